The highest BCUT2D eigenvalue weighted by atomic mass is 15.2. The van der Waals surface area contributed by atoms with Gasteiger partial charge in [0.25, 0.3) is 0 Å². The highest BCUT2D eigenvalue weighted by molar-refractivity contribution is 5.18. The minimum absolute atomic E-state index is 0.306. The smallest absolute Gasteiger partial charge is 0.114 e. The molecule has 2 unspecified atom stereocenters. The van der Waals surface area contributed by atoms with E-state index in [2.05, 4.69) is 29.8 Å². The first-order chi connectivity index (χ1) is 7.10. The molecule has 84 valence electrons. The van der Waals surface area contributed by atoms with Crippen molar-refractivity contribution in [2.24, 2.45) is 17.6 Å². The van der Waals surface area contributed by atoms with E-state index in [-0.39, 0.29) is 0 Å². The van der Waals surface area contributed by atoms with E-state index >= 15 is 0 Å². The zero-order chi connectivity index (χ0) is 11.1. The molecule has 0 amide bonds. The lowest BCUT2D eigenvalue weighted by molar-refractivity contribution is -0.00382. The highest BCUT2D eigenvalue weighted by Crippen LogP contribution is 2.35. The van der Waals surface area contributed by atoms with Gasteiger partial charge in [0.2, 0.25) is 0 Å². The Morgan fingerprint density at radius 1 is 1.33 bits per heavy atom. The lowest BCUT2D eigenvalue weighted by Gasteiger charge is -2.52. The average molecular weight is 208 g/mol. The van der Waals surface area contributed by atoms with E-state index in [9.17, 15) is 5.26 Å². The Morgan fingerprint density at radius 3 is 2.27 bits per heavy atom. The van der Waals surface area contributed by atoms with Gasteiger partial charge in [-0.2, -0.15) is 5.26 Å². The normalized spacial score (nSPS) is 42.5. The molecule has 2 fully saturated rings. The van der Waals surface area contributed by atoms with Crippen molar-refractivity contribution in [2.75, 3.05) is 39.8 Å². The predicted octanol–water partition coefficient (Wildman–Crippen LogP) is -0.279. The van der Waals surface area contributed by atoms with Crippen molar-refractivity contribution in [2.45, 2.75) is 12.5 Å². The summed E-state index contributed by atoms with van der Waals surface area (Å²) in [6.07, 6.45) is 0. The summed E-state index contributed by atoms with van der Waals surface area (Å²) >= 11 is 0. The molecule has 2 aliphatic rings. The topological polar surface area (TPSA) is 56.3 Å². The molecule has 2 aliphatic heterocycles. The molecule has 2 rings (SSSR count). The van der Waals surface area contributed by atoms with Crippen molar-refractivity contribution in [1.82, 2.24) is 9.80 Å². The maximum absolute atomic E-state index is 9.29. The molecule has 0 aromatic heterocycles. The third-order valence-corrected chi connectivity index (χ3v) is 4.01. The molecule has 2 N–H and O–H groups in total. The largest absolute Gasteiger partial charge is 0.313 e. The van der Waals surface area contributed by atoms with E-state index < -0.39 is 5.54 Å². The Hall–Kier alpha value is -0.630. The van der Waals surface area contributed by atoms with Crippen LogP contribution in [-0.4, -0.2) is 55.1 Å². The molecule has 0 spiro atoms. The van der Waals surface area contributed by atoms with Crippen molar-refractivity contribution in [3.63, 3.8) is 0 Å². The fourth-order valence-electron chi connectivity index (χ4n) is 3.02. The van der Waals surface area contributed by atoms with Crippen molar-refractivity contribution in [3.05, 3.63) is 0 Å². The van der Waals surface area contributed by atoms with Crippen LogP contribution in [0.2, 0.25) is 0 Å². The number of hydrogen-bond donors (Lipinski definition) is 1. The third kappa shape index (κ3) is 1.65. The number of piperidine rings is 2. The first-order valence-electron chi connectivity index (χ1n) is 5.71. The fraction of sp³-hybridized carbons (Fsp3) is 0.909. The summed E-state index contributed by atoms with van der Waals surface area (Å²) in [6, 6.07) is 2.37. The average Bonchev–Trinajstić information content (AvgIpc) is 2.20. The van der Waals surface area contributed by atoms with Crippen LogP contribution < -0.4 is 5.73 Å². The van der Waals surface area contributed by atoms with Crippen LogP contribution in [0.4, 0.5) is 0 Å². The van der Waals surface area contributed by atoms with E-state index in [0.29, 0.717) is 11.8 Å². The van der Waals surface area contributed by atoms with Crippen LogP contribution >= 0.6 is 0 Å². The van der Waals surface area contributed by atoms with Gasteiger partial charge in [-0.15, -0.1) is 0 Å². The van der Waals surface area contributed by atoms with Crippen LogP contribution in [0.15, 0.2) is 0 Å². The van der Waals surface area contributed by atoms with E-state index in [4.69, 9.17) is 5.73 Å². The molecule has 0 radical (unpaired) electrons. The molecule has 0 aromatic carbocycles. The highest BCUT2D eigenvalue weighted by Gasteiger charge is 2.50. The van der Waals surface area contributed by atoms with Gasteiger partial charge in [-0.25, -0.2) is 0 Å². The quantitative estimate of drug-likeness (QED) is 0.644. The summed E-state index contributed by atoms with van der Waals surface area (Å²) < 4.78 is 0. The lowest BCUT2D eigenvalue weighted by Crippen LogP contribution is -2.69. The molecule has 15 heavy (non-hydrogen) atoms. The second-order valence-electron chi connectivity index (χ2n) is 5.01. The van der Waals surface area contributed by atoms with E-state index in [0.717, 1.165) is 32.7 Å². The summed E-state index contributed by atoms with van der Waals surface area (Å²) in [5.41, 5.74) is 5.69. The van der Waals surface area contributed by atoms with Gasteiger partial charge in [0.15, 0.2) is 0 Å². The molecular formula is C11H20N4. The summed E-state index contributed by atoms with van der Waals surface area (Å²) in [5, 5.41) is 9.29. The van der Waals surface area contributed by atoms with Crippen LogP contribution in [0.1, 0.15) is 6.92 Å². The minimum atomic E-state index is -0.585. The van der Waals surface area contributed by atoms with Gasteiger partial charge in [-0.3, -0.25) is 0 Å². The van der Waals surface area contributed by atoms with E-state index in [1.165, 1.54) is 0 Å². The van der Waals surface area contributed by atoms with Gasteiger partial charge in [-0.05, 0) is 13.6 Å². The number of nitrogens with zero attached hydrogens (tertiary/aromatic N) is 3. The van der Waals surface area contributed by atoms with Crippen LogP contribution in [-0.2, 0) is 0 Å². The van der Waals surface area contributed by atoms with E-state index in [1.807, 2.05) is 0 Å². The molecule has 0 aromatic rings. The van der Waals surface area contributed by atoms with Gasteiger partial charge < -0.3 is 15.5 Å². The Kier molecular flexibility index (Phi) is 2.72. The molecule has 2 bridgehead atoms. The number of likely N-dealkylation sites (tertiary alicyclic amines) is 2. The molecule has 2 atom stereocenters. The molecule has 0 saturated carbocycles. The zero-order valence-electron chi connectivity index (χ0n) is 9.61. The van der Waals surface area contributed by atoms with Crippen molar-refractivity contribution < 1.29 is 0 Å². The summed E-state index contributed by atoms with van der Waals surface area (Å²) in [4.78, 5) is 4.73. The van der Waals surface area contributed by atoms with Crippen molar-refractivity contribution in [3.8, 4) is 6.07 Å². The fourth-order valence-corrected chi connectivity index (χ4v) is 3.02. The number of fused-ring (bicyclic) bond motifs is 2. The Bertz CT molecular complexity index is 267. The van der Waals surface area contributed by atoms with Crippen molar-refractivity contribution >= 4 is 0 Å². The summed E-state index contributed by atoms with van der Waals surface area (Å²) in [5.74, 6) is 0.611. The standard InChI is InChI=1S/C11H20N4/c1-3-15-6-9-4-14(2)5-10(7-15)11(9,13)8-12/h9-10H,3-7,13H2,1-2H3. The van der Waals surface area contributed by atoms with Crippen LogP contribution in [0.3, 0.4) is 0 Å². The first kappa shape index (κ1) is 10.9. The van der Waals surface area contributed by atoms with Gasteiger partial charge >= 0.3 is 0 Å². The van der Waals surface area contributed by atoms with Crippen molar-refractivity contribution in [1.29, 1.82) is 5.26 Å². The van der Waals surface area contributed by atoms with Crippen LogP contribution in [0, 0.1) is 23.2 Å². The predicted molar refractivity (Wildman–Crippen MR) is 59.1 cm³/mol. The van der Waals surface area contributed by atoms with Gasteiger partial charge in [0, 0.05) is 38.0 Å². The second kappa shape index (κ2) is 3.75. The maximum Gasteiger partial charge on any atom is 0.114 e. The van der Waals surface area contributed by atoms with Crippen LogP contribution in [0.25, 0.3) is 0 Å². The molecule has 4 heteroatoms. The maximum atomic E-state index is 9.29. The van der Waals surface area contributed by atoms with E-state index in [1.54, 1.807) is 0 Å². The minimum Gasteiger partial charge on any atom is -0.313 e. The Balaban J connectivity index is 2.22. The monoisotopic (exact) mass is 208 g/mol. The van der Waals surface area contributed by atoms with Gasteiger partial charge in [-0.1, -0.05) is 6.92 Å². The number of nitrogens with two attached hydrogens (primary N) is 1. The van der Waals surface area contributed by atoms with Crippen LogP contribution in [0.5, 0.6) is 0 Å². The third-order valence-electron chi connectivity index (χ3n) is 4.01. The van der Waals surface area contributed by atoms with Gasteiger partial charge in [0.05, 0.1) is 6.07 Å². The number of rotatable bonds is 1. The van der Waals surface area contributed by atoms with Gasteiger partial charge in [0.1, 0.15) is 5.54 Å². The summed E-state index contributed by atoms with van der Waals surface area (Å²) in [6.45, 7) is 7.10. The number of hydrogen-bond acceptors (Lipinski definition) is 4. The Morgan fingerprint density at radius 2 is 1.87 bits per heavy atom. The molecule has 2 saturated heterocycles. The SMILES string of the molecule is CCN1CC2CN(C)CC(C1)C2(N)C#N. The molecular weight excluding hydrogens is 188 g/mol. The first-order valence-corrected chi connectivity index (χ1v) is 5.71. The zero-order valence-corrected chi connectivity index (χ0v) is 9.61. The molecule has 2 heterocycles. The Labute approximate surface area is 91.6 Å². The molecule has 4 nitrogen and oxygen atoms in total. The summed E-state index contributed by atoms with van der Waals surface area (Å²) in [7, 11) is 2.12. The number of nitriles is 1. The lowest BCUT2D eigenvalue weighted by atomic mass is 9.69. The second-order valence-corrected chi connectivity index (χ2v) is 5.01. The molecule has 0 aliphatic carbocycles.